The zero-order valence-electron chi connectivity index (χ0n) is 21.8. The molecule has 0 spiro atoms. The SMILES string of the molecule is COCc1c(N(C)C)nc(C(C)C)c(/C=C/C2CC(OC(C)C)CC(=O)O2)c1-c1ccc(F)cc1. The maximum atomic E-state index is 13.8. The van der Waals surface area contributed by atoms with Crippen LogP contribution in [0.4, 0.5) is 10.2 Å². The maximum Gasteiger partial charge on any atom is 0.309 e. The Balaban J connectivity index is 2.17. The molecule has 35 heavy (non-hydrogen) atoms. The molecular formula is C28H37FN2O4. The van der Waals surface area contributed by atoms with Gasteiger partial charge in [0.15, 0.2) is 0 Å². The van der Waals surface area contributed by atoms with Crippen LogP contribution in [0.25, 0.3) is 17.2 Å². The molecule has 2 heterocycles. The van der Waals surface area contributed by atoms with Crippen molar-refractivity contribution in [1.29, 1.82) is 0 Å². The van der Waals surface area contributed by atoms with Gasteiger partial charge in [0.1, 0.15) is 17.7 Å². The van der Waals surface area contributed by atoms with Gasteiger partial charge in [0, 0.05) is 38.8 Å². The van der Waals surface area contributed by atoms with Gasteiger partial charge in [-0.1, -0.05) is 32.1 Å². The lowest BCUT2D eigenvalue weighted by atomic mass is 9.89. The van der Waals surface area contributed by atoms with Crippen LogP contribution in [-0.4, -0.2) is 50.5 Å². The third-order valence-electron chi connectivity index (χ3n) is 5.85. The quantitative estimate of drug-likeness (QED) is 0.423. The predicted molar refractivity (Wildman–Crippen MR) is 137 cm³/mol. The molecule has 190 valence electrons. The Labute approximate surface area is 208 Å². The molecule has 1 fully saturated rings. The Morgan fingerprint density at radius 3 is 2.46 bits per heavy atom. The average molecular weight is 485 g/mol. The van der Waals surface area contributed by atoms with E-state index in [9.17, 15) is 9.18 Å². The fourth-order valence-electron chi connectivity index (χ4n) is 4.45. The number of carbonyl (C=O) groups excluding carboxylic acids is 1. The number of cyclic esters (lactones) is 1. The lowest BCUT2D eigenvalue weighted by molar-refractivity contribution is -0.161. The Bertz CT molecular complexity index is 1050. The number of benzene rings is 1. The van der Waals surface area contributed by atoms with E-state index >= 15 is 0 Å². The highest BCUT2D eigenvalue weighted by atomic mass is 19.1. The summed E-state index contributed by atoms with van der Waals surface area (Å²) in [5.41, 5.74) is 4.53. The number of aromatic nitrogens is 1. The first-order valence-corrected chi connectivity index (χ1v) is 12.1. The molecule has 2 atom stereocenters. The number of ether oxygens (including phenoxy) is 3. The van der Waals surface area contributed by atoms with Gasteiger partial charge < -0.3 is 19.1 Å². The summed E-state index contributed by atoms with van der Waals surface area (Å²) in [6.45, 7) is 8.45. The van der Waals surface area contributed by atoms with Crippen molar-refractivity contribution in [1.82, 2.24) is 4.98 Å². The van der Waals surface area contributed by atoms with Crippen molar-refractivity contribution in [2.24, 2.45) is 0 Å². The summed E-state index contributed by atoms with van der Waals surface area (Å²) in [4.78, 5) is 19.2. The van der Waals surface area contributed by atoms with Crippen LogP contribution in [0, 0.1) is 5.82 Å². The van der Waals surface area contributed by atoms with Gasteiger partial charge in [-0.15, -0.1) is 0 Å². The van der Waals surface area contributed by atoms with Gasteiger partial charge >= 0.3 is 5.97 Å². The zero-order valence-corrected chi connectivity index (χ0v) is 21.8. The van der Waals surface area contributed by atoms with Gasteiger partial charge in [0.25, 0.3) is 0 Å². The van der Waals surface area contributed by atoms with E-state index in [0.29, 0.717) is 13.0 Å². The van der Waals surface area contributed by atoms with Gasteiger partial charge in [-0.2, -0.15) is 0 Å². The summed E-state index contributed by atoms with van der Waals surface area (Å²) in [7, 11) is 5.55. The molecule has 1 aliphatic heterocycles. The zero-order chi connectivity index (χ0) is 25.7. The second kappa shape index (κ2) is 11.8. The topological polar surface area (TPSA) is 60.9 Å². The number of carbonyl (C=O) groups is 1. The van der Waals surface area contributed by atoms with Crippen molar-refractivity contribution in [3.63, 3.8) is 0 Å². The fraction of sp³-hybridized carbons (Fsp3) is 0.500. The minimum atomic E-state index is -0.402. The van der Waals surface area contributed by atoms with E-state index in [1.165, 1.54) is 12.1 Å². The van der Waals surface area contributed by atoms with Crippen molar-refractivity contribution in [3.8, 4) is 11.1 Å². The molecule has 0 aliphatic carbocycles. The summed E-state index contributed by atoms with van der Waals surface area (Å²) in [6.07, 6.45) is 4.21. The van der Waals surface area contributed by atoms with Crippen LogP contribution in [-0.2, 0) is 25.6 Å². The number of pyridine rings is 1. The van der Waals surface area contributed by atoms with Crippen LogP contribution < -0.4 is 4.90 Å². The van der Waals surface area contributed by atoms with Crippen molar-refractivity contribution >= 4 is 17.9 Å². The van der Waals surface area contributed by atoms with E-state index in [0.717, 1.165) is 33.8 Å². The number of anilines is 1. The van der Waals surface area contributed by atoms with Gasteiger partial charge in [-0.3, -0.25) is 4.79 Å². The van der Waals surface area contributed by atoms with E-state index in [1.54, 1.807) is 19.2 Å². The number of esters is 1. The van der Waals surface area contributed by atoms with Crippen LogP contribution in [0.2, 0.25) is 0 Å². The van der Waals surface area contributed by atoms with Crippen LogP contribution in [0.15, 0.2) is 30.3 Å². The number of methoxy groups -OCH3 is 1. The first-order valence-electron chi connectivity index (χ1n) is 12.1. The summed E-state index contributed by atoms with van der Waals surface area (Å²) >= 11 is 0. The molecule has 2 unspecified atom stereocenters. The predicted octanol–water partition coefficient (Wildman–Crippen LogP) is 5.74. The molecule has 6 nitrogen and oxygen atoms in total. The minimum Gasteiger partial charge on any atom is -0.458 e. The Morgan fingerprint density at radius 1 is 1.20 bits per heavy atom. The van der Waals surface area contributed by atoms with Gasteiger partial charge in [-0.05, 0) is 49.1 Å². The van der Waals surface area contributed by atoms with E-state index in [1.807, 2.05) is 45.0 Å². The molecule has 1 aromatic carbocycles. The Hall–Kier alpha value is -2.77. The second-order valence-corrected chi connectivity index (χ2v) is 9.71. The second-order valence-electron chi connectivity index (χ2n) is 9.71. The highest BCUT2D eigenvalue weighted by Gasteiger charge is 2.29. The molecule has 1 saturated heterocycles. The molecule has 3 rings (SSSR count). The van der Waals surface area contributed by atoms with Crippen LogP contribution >= 0.6 is 0 Å². The van der Waals surface area contributed by atoms with E-state index in [2.05, 4.69) is 13.8 Å². The number of hydrogen-bond donors (Lipinski definition) is 0. The molecule has 0 saturated carbocycles. The molecule has 2 aromatic rings. The number of hydrogen-bond acceptors (Lipinski definition) is 6. The molecule has 0 radical (unpaired) electrons. The number of nitrogens with zero attached hydrogens (tertiary/aromatic N) is 2. The molecule has 0 N–H and O–H groups in total. The first-order chi connectivity index (χ1) is 16.6. The standard InChI is InChI=1S/C28H37FN2O4/c1-17(2)27-23(13-12-21-14-22(34-18(3)4)15-25(32)35-21)26(19-8-10-20(29)11-9-19)24(16-33-7)28(30-27)31(5)6/h8-13,17-18,21-22H,14-16H2,1-7H3/b13-12+. The third kappa shape index (κ3) is 6.67. The highest BCUT2D eigenvalue weighted by molar-refractivity contribution is 5.83. The minimum absolute atomic E-state index is 0.0348. The smallest absolute Gasteiger partial charge is 0.309 e. The number of halogens is 1. The molecule has 0 bridgehead atoms. The normalized spacial score (nSPS) is 18.5. The van der Waals surface area contributed by atoms with Gasteiger partial charge in [0.2, 0.25) is 0 Å². The molecule has 1 aliphatic rings. The summed E-state index contributed by atoms with van der Waals surface area (Å²) < 4.78 is 30.9. The maximum absolute atomic E-state index is 13.8. The molecule has 1 aromatic heterocycles. The van der Waals surface area contributed by atoms with E-state index in [-0.39, 0.29) is 36.3 Å². The lowest BCUT2D eigenvalue weighted by Crippen LogP contribution is -2.34. The van der Waals surface area contributed by atoms with Crippen molar-refractivity contribution < 1.29 is 23.4 Å². The molecule has 7 heteroatoms. The lowest BCUT2D eigenvalue weighted by Gasteiger charge is -2.29. The fourth-order valence-corrected chi connectivity index (χ4v) is 4.45. The Kier molecular flexibility index (Phi) is 9.03. The Morgan fingerprint density at radius 2 is 1.89 bits per heavy atom. The van der Waals surface area contributed by atoms with Crippen LogP contribution in [0.3, 0.4) is 0 Å². The van der Waals surface area contributed by atoms with Gasteiger partial charge in [0.05, 0.1) is 30.9 Å². The van der Waals surface area contributed by atoms with E-state index < -0.39 is 6.10 Å². The highest BCUT2D eigenvalue weighted by Crippen LogP contribution is 2.38. The summed E-state index contributed by atoms with van der Waals surface area (Å²) in [5.74, 6) is 0.368. The third-order valence-corrected chi connectivity index (χ3v) is 5.85. The van der Waals surface area contributed by atoms with Crippen LogP contribution in [0.1, 0.15) is 63.3 Å². The van der Waals surface area contributed by atoms with Crippen molar-refractivity contribution in [2.45, 2.75) is 71.4 Å². The molecular weight excluding hydrogens is 447 g/mol. The summed E-state index contributed by atoms with van der Waals surface area (Å²) in [6, 6.07) is 6.47. The van der Waals surface area contributed by atoms with Crippen molar-refractivity contribution in [3.05, 3.63) is 53.0 Å². The average Bonchev–Trinajstić information content (AvgIpc) is 2.77. The van der Waals surface area contributed by atoms with E-state index in [4.69, 9.17) is 19.2 Å². The first kappa shape index (κ1) is 26.8. The monoisotopic (exact) mass is 484 g/mol. The van der Waals surface area contributed by atoms with Gasteiger partial charge in [-0.25, -0.2) is 9.37 Å². The largest absolute Gasteiger partial charge is 0.458 e. The molecule has 0 amide bonds. The summed E-state index contributed by atoms with van der Waals surface area (Å²) in [5, 5.41) is 0. The number of rotatable bonds is 9. The van der Waals surface area contributed by atoms with Crippen molar-refractivity contribution in [2.75, 3.05) is 26.1 Å². The van der Waals surface area contributed by atoms with Crippen LogP contribution in [0.5, 0.6) is 0 Å².